The van der Waals surface area contributed by atoms with E-state index in [4.69, 9.17) is 9.37 Å². The van der Waals surface area contributed by atoms with Gasteiger partial charge in [-0.2, -0.15) is 0 Å². The SMILES string of the molecule is O=C(Nc1nonc1C#Cc1cc2sc(C3(C(=O)O)CC3)cc2s1)OCc1ccccc1. The van der Waals surface area contributed by atoms with E-state index >= 15 is 0 Å². The number of hydrogen-bond acceptors (Lipinski definition) is 8. The van der Waals surface area contributed by atoms with Gasteiger partial charge in [0.1, 0.15) is 12.0 Å². The van der Waals surface area contributed by atoms with Crippen LogP contribution in [0.15, 0.2) is 47.1 Å². The summed E-state index contributed by atoms with van der Waals surface area (Å²) in [6.07, 6.45) is 0.681. The highest BCUT2D eigenvalue weighted by Gasteiger charge is 2.53. The fraction of sp³-hybridized carbons (Fsp3) is 0.182. The molecule has 0 aliphatic heterocycles. The molecule has 0 saturated heterocycles. The molecule has 5 rings (SSSR count). The van der Waals surface area contributed by atoms with Crippen LogP contribution in [0.2, 0.25) is 0 Å². The number of amides is 1. The van der Waals surface area contributed by atoms with Crippen molar-refractivity contribution in [2.75, 3.05) is 5.32 Å². The van der Waals surface area contributed by atoms with E-state index in [2.05, 4.69) is 27.5 Å². The van der Waals surface area contributed by atoms with Crippen LogP contribution in [0.3, 0.4) is 0 Å². The molecule has 0 unspecified atom stereocenters. The van der Waals surface area contributed by atoms with Crippen LogP contribution >= 0.6 is 22.7 Å². The zero-order chi connectivity index (χ0) is 22.1. The van der Waals surface area contributed by atoms with Gasteiger partial charge in [-0.15, -0.1) is 22.7 Å². The minimum absolute atomic E-state index is 0.0772. The second kappa shape index (κ2) is 8.11. The van der Waals surface area contributed by atoms with Crippen molar-refractivity contribution >= 4 is 50.0 Å². The van der Waals surface area contributed by atoms with Crippen molar-refractivity contribution in [3.8, 4) is 11.8 Å². The lowest BCUT2D eigenvalue weighted by atomic mass is 10.1. The third-order valence-electron chi connectivity index (χ3n) is 5.06. The Hall–Kier alpha value is -3.68. The van der Waals surface area contributed by atoms with Crippen molar-refractivity contribution < 1.29 is 24.1 Å². The number of carboxylic acids is 1. The lowest BCUT2D eigenvalue weighted by molar-refractivity contribution is -0.139. The molecule has 10 heteroatoms. The molecule has 0 bridgehead atoms. The molecule has 32 heavy (non-hydrogen) atoms. The monoisotopic (exact) mass is 465 g/mol. The molecule has 1 aliphatic rings. The highest BCUT2D eigenvalue weighted by molar-refractivity contribution is 7.28. The first-order valence-corrected chi connectivity index (χ1v) is 11.3. The fourth-order valence-corrected chi connectivity index (χ4v) is 5.64. The number of benzene rings is 1. The molecule has 1 amide bonds. The molecule has 3 heterocycles. The van der Waals surface area contributed by atoms with Crippen molar-refractivity contribution in [3.63, 3.8) is 0 Å². The van der Waals surface area contributed by atoms with Gasteiger partial charge in [0.15, 0.2) is 0 Å². The van der Waals surface area contributed by atoms with E-state index in [0.29, 0.717) is 12.8 Å². The Kier molecular flexibility index (Phi) is 5.13. The number of anilines is 1. The standard InChI is InChI=1S/C22H15N3O5S2/c26-20(27)22(8-9-22)18-11-17-16(32-18)10-14(31-17)6-7-15-19(25-30-24-15)23-21(28)29-12-13-4-2-1-3-5-13/h1-5,10-11H,8-9,12H2,(H,26,27)(H,23,25,28). The minimum atomic E-state index is -0.757. The summed E-state index contributed by atoms with van der Waals surface area (Å²) in [4.78, 5) is 25.2. The number of ether oxygens (including phenoxy) is 1. The van der Waals surface area contributed by atoms with Crippen LogP contribution in [0, 0.1) is 11.8 Å². The molecule has 4 aromatic rings. The first kappa shape index (κ1) is 20.2. The van der Waals surface area contributed by atoms with Gasteiger partial charge in [-0.3, -0.25) is 10.1 Å². The summed E-state index contributed by atoms with van der Waals surface area (Å²) in [6, 6.07) is 13.2. The second-order valence-corrected chi connectivity index (χ2v) is 9.40. The van der Waals surface area contributed by atoms with Gasteiger partial charge < -0.3 is 9.84 Å². The van der Waals surface area contributed by atoms with Crippen molar-refractivity contribution in [2.24, 2.45) is 0 Å². The summed E-state index contributed by atoms with van der Waals surface area (Å²) in [6.45, 7) is 0.121. The lowest BCUT2D eigenvalue weighted by Gasteiger charge is -2.04. The third-order valence-corrected chi connectivity index (χ3v) is 7.48. The Balaban J connectivity index is 1.26. The molecule has 0 spiro atoms. The number of aromatic nitrogens is 2. The normalized spacial score (nSPS) is 13.9. The van der Waals surface area contributed by atoms with Gasteiger partial charge in [0.05, 0.1) is 4.88 Å². The smallest absolute Gasteiger partial charge is 0.413 e. The predicted molar refractivity (Wildman–Crippen MR) is 119 cm³/mol. The van der Waals surface area contributed by atoms with Crippen molar-refractivity contribution in [3.05, 3.63) is 63.5 Å². The molecule has 1 aromatic carbocycles. The topological polar surface area (TPSA) is 115 Å². The highest BCUT2D eigenvalue weighted by Crippen LogP contribution is 2.52. The van der Waals surface area contributed by atoms with Crippen LogP contribution in [0.25, 0.3) is 9.40 Å². The maximum Gasteiger partial charge on any atom is 0.413 e. The van der Waals surface area contributed by atoms with E-state index in [1.54, 1.807) is 0 Å². The number of hydrogen-bond donors (Lipinski definition) is 2. The lowest BCUT2D eigenvalue weighted by Crippen LogP contribution is -2.17. The van der Waals surface area contributed by atoms with Crippen LogP contribution in [-0.4, -0.2) is 27.5 Å². The number of carbonyl (C=O) groups is 2. The molecule has 2 N–H and O–H groups in total. The molecule has 8 nitrogen and oxygen atoms in total. The summed E-state index contributed by atoms with van der Waals surface area (Å²) < 4.78 is 11.9. The van der Waals surface area contributed by atoms with E-state index in [9.17, 15) is 14.7 Å². The molecule has 1 saturated carbocycles. The predicted octanol–water partition coefficient (Wildman–Crippen LogP) is 4.61. The van der Waals surface area contributed by atoms with Crippen LogP contribution in [0.4, 0.5) is 10.6 Å². The minimum Gasteiger partial charge on any atom is -0.481 e. The Labute approximate surface area is 189 Å². The first-order valence-electron chi connectivity index (χ1n) is 9.63. The van der Waals surface area contributed by atoms with E-state index in [-0.39, 0.29) is 18.1 Å². The van der Waals surface area contributed by atoms with E-state index in [1.165, 1.54) is 22.7 Å². The Bertz CT molecular complexity index is 1340. The zero-order valence-electron chi connectivity index (χ0n) is 16.5. The number of nitrogens with zero attached hydrogens (tertiary/aromatic N) is 2. The number of nitrogens with one attached hydrogen (secondary N) is 1. The average Bonchev–Trinajstić information content (AvgIpc) is 3.11. The van der Waals surface area contributed by atoms with E-state index in [1.807, 2.05) is 42.5 Å². The van der Waals surface area contributed by atoms with Gasteiger partial charge in [-0.05, 0) is 52.7 Å². The van der Waals surface area contributed by atoms with E-state index in [0.717, 1.165) is 24.7 Å². The molecular weight excluding hydrogens is 450 g/mol. The number of rotatable bonds is 5. The molecule has 1 fully saturated rings. The summed E-state index contributed by atoms with van der Waals surface area (Å²) in [5.41, 5.74) is 0.344. The summed E-state index contributed by atoms with van der Waals surface area (Å²) in [5.74, 6) is 5.16. The average molecular weight is 466 g/mol. The summed E-state index contributed by atoms with van der Waals surface area (Å²) in [5, 5.41) is 19.3. The van der Waals surface area contributed by atoms with Crippen molar-refractivity contribution in [1.82, 2.24) is 10.3 Å². The van der Waals surface area contributed by atoms with Gasteiger partial charge in [0, 0.05) is 14.3 Å². The molecular formula is C22H15N3O5S2. The number of fused-ring (bicyclic) bond motifs is 1. The Morgan fingerprint density at radius 1 is 1.12 bits per heavy atom. The number of carbonyl (C=O) groups excluding carboxylic acids is 1. The Morgan fingerprint density at radius 3 is 2.62 bits per heavy atom. The van der Waals surface area contributed by atoms with Crippen molar-refractivity contribution in [1.29, 1.82) is 0 Å². The summed E-state index contributed by atoms with van der Waals surface area (Å²) >= 11 is 2.97. The maximum absolute atomic E-state index is 12.0. The van der Waals surface area contributed by atoms with Gasteiger partial charge in [-0.25, -0.2) is 9.42 Å². The van der Waals surface area contributed by atoms with Crippen LogP contribution in [-0.2, 0) is 21.6 Å². The number of aliphatic carboxylic acids is 1. The highest BCUT2D eigenvalue weighted by atomic mass is 32.1. The summed E-state index contributed by atoms with van der Waals surface area (Å²) in [7, 11) is 0. The number of thiophene rings is 2. The van der Waals surface area contributed by atoms with Crippen LogP contribution in [0.5, 0.6) is 0 Å². The van der Waals surface area contributed by atoms with Gasteiger partial charge >= 0.3 is 12.1 Å². The van der Waals surface area contributed by atoms with Gasteiger partial charge in [0.25, 0.3) is 0 Å². The van der Waals surface area contributed by atoms with Gasteiger partial charge in [-0.1, -0.05) is 30.3 Å². The second-order valence-electron chi connectivity index (χ2n) is 7.24. The molecule has 0 radical (unpaired) electrons. The zero-order valence-corrected chi connectivity index (χ0v) is 18.1. The molecule has 160 valence electrons. The fourth-order valence-electron chi connectivity index (χ4n) is 3.15. The Morgan fingerprint density at radius 2 is 1.91 bits per heavy atom. The van der Waals surface area contributed by atoms with Crippen LogP contribution < -0.4 is 5.32 Å². The largest absolute Gasteiger partial charge is 0.481 e. The number of carboxylic acid groups (broad SMARTS) is 1. The molecule has 0 atom stereocenters. The van der Waals surface area contributed by atoms with Crippen LogP contribution in [0.1, 0.15) is 33.9 Å². The van der Waals surface area contributed by atoms with E-state index < -0.39 is 17.5 Å². The molecule has 1 aliphatic carbocycles. The molecule has 3 aromatic heterocycles. The van der Waals surface area contributed by atoms with Gasteiger partial charge in [0.2, 0.25) is 11.5 Å². The maximum atomic E-state index is 12.0. The first-order chi connectivity index (χ1) is 15.5. The third kappa shape index (κ3) is 3.95. The quantitative estimate of drug-likeness (QED) is 0.414. The van der Waals surface area contributed by atoms with Crippen molar-refractivity contribution in [2.45, 2.75) is 24.9 Å².